The predicted octanol–water partition coefficient (Wildman–Crippen LogP) is 2.53. The summed E-state index contributed by atoms with van der Waals surface area (Å²) < 4.78 is 2.30. The summed E-state index contributed by atoms with van der Waals surface area (Å²) in [6.45, 7) is 3.62. The lowest BCUT2D eigenvalue weighted by Crippen LogP contribution is -2.57. The van der Waals surface area contributed by atoms with Gasteiger partial charge in [0.05, 0.1) is 24.4 Å². The number of guanidine groups is 1. The largest absolute Gasteiger partial charge is 0.331 e. The van der Waals surface area contributed by atoms with E-state index in [2.05, 4.69) is 87.2 Å². The Morgan fingerprint density at radius 2 is 1.86 bits per heavy atom. The molecule has 0 amide bonds. The lowest BCUT2D eigenvalue weighted by molar-refractivity contribution is 0.254. The number of para-hydroxylation sites is 2. The van der Waals surface area contributed by atoms with E-state index in [1.54, 1.807) is 0 Å². The molecule has 0 spiro atoms. The van der Waals surface area contributed by atoms with Crippen molar-refractivity contribution >= 4 is 22.9 Å². The lowest BCUT2D eigenvalue weighted by atomic mass is 10.1. The molecular formula is C22H27N7. The summed E-state index contributed by atoms with van der Waals surface area (Å²) in [6.07, 6.45) is 1.11. The average molecular weight is 390 g/mol. The van der Waals surface area contributed by atoms with Crippen LogP contribution in [0, 0.1) is 0 Å². The van der Waals surface area contributed by atoms with Gasteiger partial charge in [-0.2, -0.15) is 0 Å². The van der Waals surface area contributed by atoms with E-state index in [4.69, 9.17) is 9.98 Å². The highest BCUT2D eigenvalue weighted by Crippen LogP contribution is 2.33. The molecule has 150 valence electrons. The molecule has 2 aliphatic heterocycles. The highest BCUT2D eigenvalue weighted by atomic mass is 15.5. The maximum Gasteiger partial charge on any atom is 0.216 e. The molecule has 1 aromatic heterocycles. The molecule has 1 N–H and O–H groups in total. The number of nitrogens with zero attached hydrogens (tertiary/aromatic N) is 6. The third-order valence-corrected chi connectivity index (χ3v) is 5.56. The van der Waals surface area contributed by atoms with E-state index in [0.717, 1.165) is 49.1 Å². The van der Waals surface area contributed by atoms with E-state index in [1.807, 2.05) is 6.07 Å². The number of aromatic nitrogens is 2. The van der Waals surface area contributed by atoms with E-state index in [0.29, 0.717) is 6.67 Å². The second-order valence-corrected chi connectivity index (χ2v) is 7.97. The molecule has 0 saturated carbocycles. The van der Waals surface area contributed by atoms with Gasteiger partial charge >= 0.3 is 0 Å². The van der Waals surface area contributed by atoms with Crippen molar-refractivity contribution in [3.63, 3.8) is 0 Å². The summed E-state index contributed by atoms with van der Waals surface area (Å²) >= 11 is 0. The zero-order chi connectivity index (χ0) is 19.8. The number of hydrogen-bond donors (Lipinski definition) is 1. The van der Waals surface area contributed by atoms with Gasteiger partial charge in [0.15, 0.2) is 0 Å². The van der Waals surface area contributed by atoms with E-state index < -0.39 is 0 Å². The highest BCUT2D eigenvalue weighted by Gasteiger charge is 2.35. The SMILES string of the molecule is CN(C)CCCN1CN=C2N[C@@H](c3ccccc3)n3c(nc4ccccc43)N2C1. The first-order chi connectivity index (χ1) is 14.2. The molecule has 0 aliphatic carbocycles. The molecule has 5 rings (SSSR count). The van der Waals surface area contributed by atoms with Crippen LogP contribution in [0.5, 0.6) is 0 Å². The average Bonchev–Trinajstić information content (AvgIpc) is 3.14. The van der Waals surface area contributed by atoms with Crippen LogP contribution in [-0.2, 0) is 0 Å². The zero-order valence-corrected chi connectivity index (χ0v) is 17.0. The Hall–Kier alpha value is -2.90. The van der Waals surface area contributed by atoms with Crippen molar-refractivity contribution in [1.82, 2.24) is 24.7 Å². The summed E-state index contributed by atoms with van der Waals surface area (Å²) in [5.74, 6) is 1.86. The van der Waals surface area contributed by atoms with Gasteiger partial charge in [0.2, 0.25) is 11.9 Å². The Bertz CT molecular complexity index is 1020. The van der Waals surface area contributed by atoms with Crippen LogP contribution >= 0.6 is 0 Å². The Kier molecular flexibility index (Phi) is 4.69. The van der Waals surface area contributed by atoms with Gasteiger partial charge in [0.25, 0.3) is 0 Å². The molecule has 29 heavy (non-hydrogen) atoms. The number of benzene rings is 2. The van der Waals surface area contributed by atoms with Crippen molar-refractivity contribution in [3.8, 4) is 0 Å². The van der Waals surface area contributed by atoms with E-state index in [9.17, 15) is 0 Å². The van der Waals surface area contributed by atoms with Gasteiger partial charge < -0.3 is 10.2 Å². The van der Waals surface area contributed by atoms with Crippen molar-refractivity contribution < 1.29 is 0 Å². The fraction of sp³-hybridized carbons (Fsp3) is 0.364. The first kappa shape index (κ1) is 18.1. The van der Waals surface area contributed by atoms with E-state index in [-0.39, 0.29) is 6.17 Å². The van der Waals surface area contributed by atoms with Crippen molar-refractivity contribution in [2.45, 2.75) is 12.6 Å². The van der Waals surface area contributed by atoms with Gasteiger partial charge in [0, 0.05) is 6.54 Å². The Morgan fingerprint density at radius 1 is 1.07 bits per heavy atom. The van der Waals surface area contributed by atoms with Gasteiger partial charge in [0.1, 0.15) is 6.17 Å². The third-order valence-electron chi connectivity index (χ3n) is 5.56. The summed E-state index contributed by atoms with van der Waals surface area (Å²) in [5.41, 5.74) is 3.34. The fourth-order valence-electron chi connectivity index (χ4n) is 4.13. The molecule has 0 fully saturated rings. The molecule has 0 radical (unpaired) electrons. The van der Waals surface area contributed by atoms with Crippen LogP contribution in [0.1, 0.15) is 18.2 Å². The van der Waals surface area contributed by atoms with Crippen molar-refractivity contribution in [2.24, 2.45) is 4.99 Å². The lowest BCUT2D eigenvalue weighted by Gasteiger charge is -2.41. The Balaban J connectivity index is 1.52. The normalized spacial score (nSPS) is 19.1. The maximum absolute atomic E-state index is 4.99. The van der Waals surface area contributed by atoms with Gasteiger partial charge in [-0.25, -0.2) is 9.98 Å². The van der Waals surface area contributed by atoms with E-state index in [1.165, 1.54) is 5.56 Å². The molecule has 7 nitrogen and oxygen atoms in total. The van der Waals surface area contributed by atoms with Crippen molar-refractivity contribution in [1.29, 1.82) is 0 Å². The predicted molar refractivity (Wildman–Crippen MR) is 117 cm³/mol. The monoisotopic (exact) mass is 389 g/mol. The summed E-state index contributed by atoms with van der Waals surface area (Å²) in [5, 5.41) is 3.67. The molecule has 3 heterocycles. The second kappa shape index (κ2) is 7.50. The molecule has 2 aliphatic rings. The maximum atomic E-state index is 4.99. The Morgan fingerprint density at radius 3 is 2.69 bits per heavy atom. The molecule has 2 aromatic carbocycles. The number of anilines is 1. The van der Waals surface area contributed by atoms with E-state index >= 15 is 0 Å². The molecule has 0 bridgehead atoms. The molecule has 7 heteroatoms. The van der Waals surface area contributed by atoms with Crippen LogP contribution in [0.15, 0.2) is 59.6 Å². The van der Waals surface area contributed by atoms with Gasteiger partial charge in [-0.05, 0) is 44.8 Å². The van der Waals surface area contributed by atoms with Crippen LogP contribution in [0.2, 0.25) is 0 Å². The molecular weight excluding hydrogens is 362 g/mol. The highest BCUT2D eigenvalue weighted by molar-refractivity contribution is 5.98. The van der Waals surface area contributed by atoms with Gasteiger partial charge in [-0.3, -0.25) is 14.4 Å². The third kappa shape index (κ3) is 3.36. The van der Waals surface area contributed by atoms with Crippen molar-refractivity contribution in [2.75, 3.05) is 45.4 Å². The first-order valence-corrected chi connectivity index (χ1v) is 10.2. The number of nitrogens with one attached hydrogen (secondary N) is 1. The van der Waals surface area contributed by atoms with Gasteiger partial charge in [-0.1, -0.05) is 42.5 Å². The number of imidazole rings is 1. The van der Waals surface area contributed by atoms with Crippen LogP contribution in [-0.4, -0.2) is 65.8 Å². The van der Waals surface area contributed by atoms with Crippen LogP contribution in [0.4, 0.5) is 5.95 Å². The molecule has 0 unspecified atom stereocenters. The summed E-state index contributed by atoms with van der Waals surface area (Å²) in [6, 6.07) is 18.9. The molecule has 3 aromatic rings. The quantitative estimate of drug-likeness (QED) is 0.727. The van der Waals surface area contributed by atoms with Crippen LogP contribution in [0.3, 0.4) is 0 Å². The minimum Gasteiger partial charge on any atom is -0.331 e. The topological polar surface area (TPSA) is 51.9 Å². The number of rotatable bonds is 5. The second-order valence-electron chi connectivity index (χ2n) is 7.97. The van der Waals surface area contributed by atoms with Crippen LogP contribution in [0.25, 0.3) is 11.0 Å². The summed E-state index contributed by atoms with van der Waals surface area (Å²) in [4.78, 5) is 16.7. The van der Waals surface area contributed by atoms with Crippen molar-refractivity contribution in [3.05, 3.63) is 60.2 Å². The molecule has 1 atom stereocenters. The minimum absolute atomic E-state index is 0.0195. The Labute approximate surface area is 171 Å². The smallest absolute Gasteiger partial charge is 0.216 e. The number of fused-ring (bicyclic) bond motifs is 5. The van der Waals surface area contributed by atoms with Gasteiger partial charge in [-0.15, -0.1) is 0 Å². The standard InChI is InChI=1S/C22H27N7/c1-26(2)13-8-14-27-15-23-21-25-20(17-9-4-3-5-10-17)29-19-12-7-6-11-18(19)24-22(29)28(21)16-27/h3-7,9-12,20H,8,13-16H2,1-2H3,(H,23,25)/t20-/m1/s1. The number of aliphatic imine (C=N–C) groups is 1. The summed E-state index contributed by atoms with van der Waals surface area (Å²) in [7, 11) is 4.24. The fourth-order valence-corrected chi connectivity index (χ4v) is 4.13. The van der Waals surface area contributed by atoms with Crippen LogP contribution < -0.4 is 10.2 Å². The number of hydrogen-bond acceptors (Lipinski definition) is 6. The zero-order valence-electron chi connectivity index (χ0n) is 17.0. The first-order valence-electron chi connectivity index (χ1n) is 10.2. The molecule has 0 saturated heterocycles. The minimum atomic E-state index is -0.0195.